The summed E-state index contributed by atoms with van der Waals surface area (Å²) >= 11 is 5.87. The lowest BCUT2D eigenvalue weighted by molar-refractivity contribution is 0.0960. The average molecular weight is 199 g/mol. The van der Waals surface area contributed by atoms with E-state index in [-0.39, 0.29) is 12.1 Å². The molecule has 0 radical (unpaired) electrons. The van der Waals surface area contributed by atoms with Crippen LogP contribution in [-0.4, -0.2) is 17.1 Å². The van der Waals surface area contributed by atoms with Crippen LogP contribution in [0.5, 0.6) is 5.88 Å². The lowest BCUT2D eigenvalue weighted by atomic mass is 9.90. The van der Waals surface area contributed by atoms with Crippen molar-refractivity contribution in [1.29, 1.82) is 0 Å². The number of pyridine rings is 1. The molecule has 1 fully saturated rings. The molecule has 1 aliphatic rings. The van der Waals surface area contributed by atoms with Gasteiger partial charge in [0.2, 0.25) is 5.88 Å². The van der Waals surface area contributed by atoms with Crippen molar-refractivity contribution in [2.24, 2.45) is 5.73 Å². The standard InChI is InChI=1S/C9H11ClN2O/c10-8-2-1-3-12-9(8)13-7-4-6(11)5-7/h1-3,6-7H,4-5,11H2. The van der Waals surface area contributed by atoms with Crippen LogP contribution in [0.4, 0.5) is 0 Å². The molecule has 0 amide bonds. The van der Waals surface area contributed by atoms with Gasteiger partial charge in [-0.1, -0.05) is 11.6 Å². The van der Waals surface area contributed by atoms with E-state index in [0.717, 1.165) is 12.8 Å². The predicted octanol–water partition coefficient (Wildman–Crippen LogP) is 1.60. The summed E-state index contributed by atoms with van der Waals surface area (Å²) in [5.74, 6) is 0.515. The second-order valence-electron chi connectivity index (χ2n) is 3.26. The summed E-state index contributed by atoms with van der Waals surface area (Å²) in [6.07, 6.45) is 3.65. The molecule has 1 aromatic rings. The summed E-state index contributed by atoms with van der Waals surface area (Å²) < 4.78 is 5.53. The topological polar surface area (TPSA) is 48.1 Å². The molecule has 0 atom stereocenters. The second-order valence-corrected chi connectivity index (χ2v) is 3.67. The quantitative estimate of drug-likeness (QED) is 0.786. The molecule has 2 rings (SSSR count). The number of hydrogen-bond donors (Lipinski definition) is 1. The van der Waals surface area contributed by atoms with E-state index in [4.69, 9.17) is 22.1 Å². The largest absolute Gasteiger partial charge is 0.473 e. The number of hydrogen-bond acceptors (Lipinski definition) is 3. The number of rotatable bonds is 2. The fraction of sp³-hybridized carbons (Fsp3) is 0.444. The Morgan fingerprint density at radius 3 is 2.92 bits per heavy atom. The first-order chi connectivity index (χ1) is 6.25. The third kappa shape index (κ3) is 1.92. The number of halogens is 1. The number of aromatic nitrogens is 1. The predicted molar refractivity (Wildman–Crippen MR) is 50.9 cm³/mol. The van der Waals surface area contributed by atoms with Crippen LogP contribution in [0, 0.1) is 0 Å². The zero-order chi connectivity index (χ0) is 9.26. The van der Waals surface area contributed by atoms with E-state index in [1.807, 2.05) is 0 Å². The van der Waals surface area contributed by atoms with Crippen molar-refractivity contribution in [2.45, 2.75) is 25.0 Å². The van der Waals surface area contributed by atoms with E-state index >= 15 is 0 Å². The van der Waals surface area contributed by atoms with Crippen molar-refractivity contribution in [3.63, 3.8) is 0 Å². The van der Waals surface area contributed by atoms with E-state index in [1.165, 1.54) is 0 Å². The van der Waals surface area contributed by atoms with Gasteiger partial charge in [0.15, 0.2) is 0 Å². The summed E-state index contributed by atoms with van der Waals surface area (Å²) in [7, 11) is 0. The first kappa shape index (κ1) is 8.78. The molecule has 1 aliphatic carbocycles. The van der Waals surface area contributed by atoms with Gasteiger partial charge in [0.1, 0.15) is 11.1 Å². The number of ether oxygens (including phenoxy) is 1. The molecule has 1 saturated carbocycles. The van der Waals surface area contributed by atoms with Gasteiger partial charge < -0.3 is 10.5 Å². The molecular formula is C9H11ClN2O. The summed E-state index contributed by atoms with van der Waals surface area (Å²) in [5, 5.41) is 0.558. The molecule has 2 N–H and O–H groups in total. The first-order valence-electron chi connectivity index (χ1n) is 4.28. The highest BCUT2D eigenvalue weighted by Crippen LogP contribution is 2.27. The van der Waals surface area contributed by atoms with Crippen molar-refractivity contribution in [3.05, 3.63) is 23.4 Å². The first-order valence-corrected chi connectivity index (χ1v) is 4.66. The lowest BCUT2D eigenvalue weighted by Crippen LogP contribution is -2.43. The number of nitrogens with two attached hydrogens (primary N) is 1. The van der Waals surface area contributed by atoms with Crippen LogP contribution in [0.1, 0.15) is 12.8 Å². The zero-order valence-corrected chi connectivity index (χ0v) is 7.87. The van der Waals surface area contributed by atoms with Crippen molar-refractivity contribution in [3.8, 4) is 5.88 Å². The molecule has 0 aliphatic heterocycles. The van der Waals surface area contributed by atoms with E-state index in [0.29, 0.717) is 10.9 Å². The van der Waals surface area contributed by atoms with Gasteiger partial charge in [0, 0.05) is 12.2 Å². The third-order valence-electron chi connectivity index (χ3n) is 2.13. The Kier molecular flexibility index (Phi) is 2.38. The van der Waals surface area contributed by atoms with E-state index < -0.39 is 0 Å². The molecule has 0 saturated heterocycles. The molecule has 1 aromatic heterocycles. The van der Waals surface area contributed by atoms with Crippen molar-refractivity contribution >= 4 is 11.6 Å². The second kappa shape index (κ2) is 3.52. The van der Waals surface area contributed by atoms with Gasteiger partial charge in [-0.25, -0.2) is 4.98 Å². The van der Waals surface area contributed by atoms with Crippen molar-refractivity contribution in [2.75, 3.05) is 0 Å². The summed E-state index contributed by atoms with van der Waals surface area (Å²) in [6, 6.07) is 3.83. The highest BCUT2D eigenvalue weighted by molar-refractivity contribution is 6.31. The molecule has 4 heteroatoms. The van der Waals surface area contributed by atoms with Gasteiger partial charge in [0.05, 0.1) is 0 Å². The Labute approximate surface area is 81.9 Å². The van der Waals surface area contributed by atoms with Gasteiger partial charge in [0.25, 0.3) is 0 Å². The van der Waals surface area contributed by atoms with E-state index in [2.05, 4.69) is 4.98 Å². The Morgan fingerprint density at radius 1 is 1.54 bits per heavy atom. The lowest BCUT2D eigenvalue weighted by Gasteiger charge is -2.32. The molecule has 13 heavy (non-hydrogen) atoms. The van der Waals surface area contributed by atoms with Gasteiger partial charge in [-0.15, -0.1) is 0 Å². The van der Waals surface area contributed by atoms with Gasteiger partial charge in [-0.2, -0.15) is 0 Å². The Balaban J connectivity index is 1.98. The fourth-order valence-electron chi connectivity index (χ4n) is 1.32. The highest BCUT2D eigenvalue weighted by Gasteiger charge is 2.28. The Bertz CT molecular complexity index is 299. The minimum absolute atomic E-state index is 0.197. The van der Waals surface area contributed by atoms with Crippen LogP contribution in [0.3, 0.4) is 0 Å². The van der Waals surface area contributed by atoms with E-state index in [1.54, 1.807) is 18.3 Å². The van der Waals surface area contributed by atoms with Gasteiger partial charge >= 0.3 is 0 Å². The highest BCUT2D eigenvalue weighted by atomic mass is 35.5. The molecular weight excluding hydrogens is 188 g/mol. The minimum atomic E-state index is 0.197. The Morgan fingerprint density at radius 2 is 2.31 bits per heavy atom. The van der Waals surface area contributed by atoms with Gasteiger partial charge in [-0.3, -0.25) is 0 Å². The van der Waals surface area contributed by atoms with Gasteiger partial charge in [-0.05, 0) is 25.0 Å². The van der Waals surface area contributed by atoms with Crippen LogP contribution in [0.2, 0.25) is 5.02 Å². The zero-order valence-electron chi connectivity index (χ0n) is 7.11. The SMILES string of the molecule is NC1CC(Oc2ncccc2Cl)C1. The van der Waals surface area contributed by atoms with Crippen LogP contribution in [-0.2, 0) is 0 Å². The smallest absolute Gasteiger partial charge is 0.232 e. The molecule has 0 bridgehead atoms. The molecule has 0 aromatic carbocycles. The maximum absolute atomic E-state index is 5.87. The third-order valence-corrected chi connectivity index (χ3v) is 2.42. The summed E-state index contributed by atoms with van der Waals surface area (Å²) in [4.78, 5) is 4.03. The molecule has 3 nitrogen and oxygen atoms in total. The molecule has 0 unspecified atom stereocenters. The maximum Gasteiger partial charge on any atom is 0.232 e. The maximum atomic E-state index is 5.87. The Hall–Kier alpha value is -0.800. The van der Waals surface area contributed by atoms with Crippen LogP contribution in [0.25, 0.3) is 0 Å². The fourth-order valence-corrected chi connectivity index (χ4v) is 1.48. The monoisotopic (exact) mass is 198 g/mol. The molecule has 0 spiro atoms. The minimum Gasteiger partial charge on any atom is -0.473 e. The van der Waals surface area contributed by atoms with Crippen LogP contribution < -0.4 is 10.5 Å². The average Bonchev–Trinajstić information content (AvgIpc) is 2.06. The van der Waals surface area contributed by atoms with Crippen molar-refractivity contribution < 1.29 is 4.74 Å². The van der Waals surface area contributed by atoms with Crippen LogP contribution in [0.15, 0.2) is 18.3 Å². The summed E-state index contributed by atoms with van der Waals surface area (Å²) in [6.45, 7) is 0. The van der Waals surface area contributed by atoms with Crippen molar-refractivity contribution in [1.82, 2.24) is 4.98 Å². The normalized spacial score (nSPS) is 26.6. The van der Waals surface area contributed by atoms with Crippen LogP contribution >= 0.6 is 11.6 Å². The van der Waals surface area contributed by atoms with E-state index in [9.17, 15) is 0 Å². The summed E-state index contributed by atoms with van der Waals surface area (Å²) in [5.41, 5.74) is 5.63. The molecule has 1 heterocycles. The number of nitrogens with zero attached hydrogens (tertiary/aromatic N) is 1. The molecule has 70 valence electrons.